The molecule has 4 aromatic rings. The van der Waals surface area contributed by atoms with Crippen molar-refractivity contribution in [1.82, 2.24) is 20.2 Å². The summed E-state index contributed by atoms with van der Waals surface area (Å²) < 4.78 is 13.5. The molecule has 0 unspecified atom stereocenters. The van der Waals surface area contributed by atoms with Crippen molar-refractivity contribution in [2.75, 3.05) is 5.32 Å². The van der Waals surface area contributed by atoms with Crippen molar-refractivity contribution in [3.8, 4) is 10.6 Å². The molecule has 0 aliphatic rings. The average molecular weight is 337 g/mol. The molecule has 2 heterocycles. The Hall–Kier alpha value is -2.93. The van der Waals surface area contributed by atoms with Crippen LogP contribution in [0.25, 0.3) is 21.5 Å². The van der Waals surface area contributed by atoms with Crippen LogP contribution in [0.4, 0.5) is 10.2 Å². The summed E-state index contributed by atoms with van der Waals surface area (Å²) >= 11 is 1.51. The van der Waals surface area contributed by atoms with E-state index < -0.39 is 0 Å². The summed E-state index contributed by atoms with van der Waals surface area (Å²) in [6.45, 7) is 0.465. The van der Waals surface area contributed by atoms with Gasteiger partial charge in [-0.25, -0.2) is 14.4 Å². The Bertz CT molecular complexity index is 987. The van der Waals surface area contributed by atoms with Crippen LogP contribution in [0.1, 0.15) is 5.01 Å². The SMILES string of the molecule is Fc1ccc2ncnc(NCc3nnc(-c4ccccc4)s3)c2c1. The monoisotopic (exact) mass is 337 g/mol. The van der Waals surface area contributed by atoms with Crippen molar-refractivity contribution >= 4 is 28.1 Å². The fourth-order valence-corrected chi connectivity index (χ4v) is 3.14. The van der Waals surface area contributed by atoms with Crippen LogP contribution in [0.5, 0.6) is 0 Å². The standard InChI is InChI=1S/C17H12FN5S/c18-12-6-7-14-13(8-12)16(21-10-20-14)19-9-15-22-23-17(24-15)11-4-2-1-3-5-11/h1-8,10H,9H2,(H,19,20,21). The molecular weight excluding hydrogens is 325 g/mol. The average Bonchev–Trinajstić information content (AvgIpc) is 3.10. The maximum atomic E-state index is 13.5. The first-order valence-corrected chi connectivity index (χ1v) is 8.13. The van der Waals surface area contributed by atoms with E-state index in [1.54, 1.807) is 6.07 Å². The second-order valence-corrected chi connectivity index (χ2v) is 6.17. The van der Waals surface area contributed by atoms with Crippen LogP contribution in [0.15, 0.2) is 54.9 Å². The Balaban J connectivity index is 1.56. The third-order valence-corrected chi connectivity index (χ3v) is 4.46. The first kappa shape index (κ1) is 14.6. The first-order valence-electron chi connectivity index (χ1n) is 7.31. The van der Waals surface area contributed by atoms with E-state index in [0.717, 1.165) is 15.6 Å². The largest absolute Gasteiger partial charge is 0.363 e. The molecule has 0 fully saturated rings. The fourth-order valence-electron chi connectivity index (χ4n) is 2.35. The van der Waals surface area contributed by atoms with Crippen molar-refractivity contribution in [3.05, 3.63) is 65.7 Å². The Morgan fingerprint density at radius 1 is 1.00 bits per heavy atom. The predicted octanol–water partition coefficient (Wildman–Crippen LogP) is 3.90. The van der Waals surface area contributed by atoms with Crippen molar-refractivity contribution in [1.29, 1.82) is 0 Å². The van der Waals surface area contributed by atoms with Crippen LogP contribution in [-0.2, 0) is 6.54 Å². The lowest BCUT2D eigenvalue weighted by molar-refractivity contribution is 0.629. The zero-order valence-electron chi connectivity index (χ0n) is 12.5. The summed E-state index contributed by atoms with van der Waals surface area (Å²) in [6.07, 6.45) is 1.46. The molecule has 5 nitrogen and oxygen atoms in total. The van der Waals surface area contributed by atoms with Crippen molar-refractivity contribution in [3.63, 3.8) is 0 Å². The van der Waals surface area contributed by atoms with Crippen molar-refractivity contribution < 1.29 is 4.39 Å². The number of benzene rings is 2. The number of anilines is 1. The molecule has 0 aliphatic heterocycles. The predicted molar refractivity (Wildman–Crippen MR) is 92.2 cm³/mol. The molecule has 0 bridgehead atoms. The van der Waals surface area contributed by atoms with Crippen LogP contribution < -0.4 is 5.32 Å². The maximum absolute atomic E-state index is 13.5. The molecule has 2 aromatic carbocycles. The summed E-state index contributed by atoms with van der Waals surface area (Å²) in [4.78, 5) is 8.33. The minimum absolute atomic E-state index is 0.317. The summed E-state index contributed by atoms with van der Waals surface area (Å²) in [5, 5.41) is 13.9. The lowest BCUT2D eigenvalue weighted by Crippen LogP contribution is -2.02. The number of hydrogen-bond acceptors (Lipinski definition) is 6. The van der Waals surface area contributed by atoms with Gasteiger partial charge in [0.05, 0.1) is 12.1 Å². The maximum Gasteiger partial charge on any atom is 0.147 e. The minimum atomic E-state index is -0.317. The van der Waals surface area contributed by atoms with Gasteiger partial charge >= 0.3 is 0 Å². The molecule has 118 valence electrons. The highest BCUT2D eigenvalue weighted by Gasteiger charge is 2.08. The van der Waals surface area contributed by atoms with E-state index >= 15 is 0 Å². The minimum Gasteiger partial charge on any atom is -0.363 e. The Kier molecular flexibility index (Phi) is 3.84. The van der Waals surface area contributed by atoms with Gasteiger partial charge in [0.2, 0.25) is 0 Å². The van der Waals surface area contributed by atoms with E-state index in [1.165, 1.54) is 29.8 Å². The number of aromatic nitrogens is 4. The molecule has 0 aliphatic carbocycles. The van der Waals surface area contributed by atoms with Gasteiger partial charge < -0.3 is 5.32 Å². The third-order valence-electron chi connectivity index (χ3n) is 3.49. The van der Waals surface area contributed by atoms with Gasteiger partial charge in [0, 0.05) is 10.9 Å². The number of hydrogen-bond donors (Lipinski definition) is 1. The lowest BCUT2D eigenvalue weighted by atomic mass is 10.2. The van der Waals surface area contributed by atoms with Gasteiger partial charge in [0.1, 0.15) is 28.0 Å². The number of halogens is 1. The zero-order chi connectivity index (χ0) is 16.4. The van der Waals surface area contributed by atoms with E-state index in [0.29, 0.717) is 23.3 Å². The molecule has 4 rings (SSSR count). The normalized spacial score (nSPS) is 10.9. The smallest absolute Gasteiger partial charge is 0.147 e. The highest BCUT2D eigenvalue weighted by molar-refractivity contribution is 7.14. The van der Waals surface area contributed by atoms with E-state index in [9.17, 15) is 4.39 Å². The molecule has 0 saturated carbocycles. The molecule has 2 aromatic heterocycles. The number of fused-ring (bicyclic) bond motifs is 1. The van der Waals surface area contributed by atoms with Gasteiger partial charge in [-0.15, -0.1) is 10.2 Å². The quantitative estimate of drug-likeness (QED) is 0.612. The number of nitrogens with one attached hydrogen (secondary N) is 1. The van der Waals surface area contributed by atoms with Gasteiger partial charge in [-0.1, -0.05) is 41.7 Å². The summed E-state index contributed by atoms with van der Waals surface area (Å²) in [5.74, 6) is 0.263. The van der Waals surface area contributed by atoms with Crippen molar-refractivity contribution in [2.24, 2.45) is 0 Å². The van der Waals surface area contributed by atoms with E-state index in [4.69, 9.17) is 0 Å². The van der Waals surface area contributed by atoms with Crippen LogP contribution in [-0.4, -0.2) is 20.2 Å². The first-order chi connectivity index (χ1) is 11.8. The fraction of sp³-hybridized carbons (Fsp3) is 0.0588. The molecule has 0 amide bonds. The molecule has 24 heavy (non-hydrogen) atoms. The van der Waals surface area contributed by atoms with Crippen LogP contribution in [0, 0.1) is 5.82 Å². The molecule has 0 atom stereocenters. The van der Waals surface area contributed by atoms with Gasteiger partial charge in [0.15, 0.2) is 0 Å². The van der Waals surface area contributed by atoms with Crippen LogP contribution in [0.2, 0.25) is 0 Å². The topological polar surface area (TPSA) is 63.6 Å². The summed E-state index contributed by atoms with van der Waals surface area (Å²) in [5.41, 5.74) is 1.73. The highest BCUT2D eigenvalue weighted by Crippen LogP contribution is 2.25. The third kappa shape index (κ3) is 2.93. The summed E-state index contributed by atoms with van der Waals surface area (Å²) in [7, 11) is 0. The lowest BCUT2D eigenvalue weighted by Gasteiger charge is -2.06. The molecular formula is C17H12FN5S. The number of nitrogens with zero attached hydrogens (tertiary/aromatic N) is 4. The van der Waals surface area contributed by atoms with Gasteiger partial charge in [-0.2, -0.15) is 0 Å². The Morgan fingerprint density at radius 2 is 1.88 bits per heavy atom. The second kappa shape index (κ2) is 6.29. The van der Waals surface area contributed by atoms with Gasteiger partial charge in [-0.3, -0.25) is 0 Å². The van der Waals surface area contributed by atoms with Gasteiger partial charge in [-0.05, 0) is 18.2 Å². The Morgan fingerprint density at radius 3 is 2.75 bits per heavy atom. The van der Waals surface area contributed by atoms with Crippen molar-refractivity contribution in [2.45, 2.75) is 6.54 Å². The van der Waals surface area contributed by atoms with Crippen LogP contribution in [0.3, 0.4) is 0 Å². The van der Waals surface area contributed by atoms with Crippen LogP contribution >= 0.6 is 11.3 Å². The molecule has 0 spiro atoms. The van der Waals surface area contributed by atoms with Gasteiger partial charge in [0.25, 0.3) is 0 Å². The van der Waals surface area contributed by atoms with E-state index in [2.05, 4.69) is 25.5 Å². The summed E-state index contributed by atoms with van der Waals surface area (Å²) in [6, 6.07) is 14.3. The van der Waals surface area contributed by atoms with E-state index in [1.807, 2.05) is 30.3 Å². The van der Waals surface area contributed by atoms with E-state index in [-0.39, 0.29) is 5.82 Å². The molecule has 0 saturated heterocycles. The molecule has 7 heteroatoms. The molecule has 0 radical (unpaired) electrons. The Labute approximate surface area is 141 Å². The highest BCUT2D eigenvalue weighted by atomic mass is 32.1. The number of rotatable bonds is 4. The zero-order valence-corrected chi connectivity index (χ0v) is 13.3. The molecule has 1 N–H and O–H groups in total. The second-order valence-electron chi connectivity index (χ2n) is 5.10.